The average Bonchev–Trinajstić information content (AvgIpc) is 2.88. The minimum atomic E-state index is 0.635. The molecule has 0 aliphatic rings. The second kappa shape index (κ2) is 6.58. The molecule has 1 aromatic heterocycles. The molecule has 0 aliphatic heterocycles. The average molecular weight is 326 g/mol. The molecule has 102 valence electrons. The van der Waals surface area contributed by atoms with Crippen LogP contribution in [0.15, 0.2) is 35.1 Å². The molecule has 19 heavy (non-hydrogen) atoms. The molecule has 0 saturated carbocycles. The fourth-order valence-electron chi connectivity index (χ4n) is 1.71. The minimum absolute atomic E-state index is 0.635. The minimum Gasteiger partial charge on any atom is -0.495 e. The van der Waals surface area contributed by atoms with Crippen LogP contribution >= 0.6 is 15.9 Å². The summed E-state index contributed by atoms with van der Waals surface area (Å²) in [4.78, 5) is 4.29. The molecule has 0 unspecified atom stereocenters. The van der Waals surface area contributed by atoms with Crippen molar-refractivity contribution in [2.45, 2.75) is 0 Å². The Balaban J connectivity index is 2.24. The number of hydrogen-bond donors (Lipinski definition) is 1. The number of hydrogen-bond acceptors (Lipinski definition) is 4. The molecule has 1 aromatic carbocycles. The van der Waals surface area contributed by atoms with Crippen LogP contribution in [0, 0.1) is 0 Å². The van der Waals surface area contributed by atoms with E-state index in [2.05, 4.69) is 26.2 Å². The lowest BCUT2D eigenvalue weighted by Gasteiger charge is -2.11. The van der Waals surface area contributed by atoms with Crippen LogP contribution in [-0.2, 0) is 4.74 Å². The van der Waals surface area contributed by atoms with Gasteiger partial charge in [-0.15, -0.1) is 0 Å². The molecule has 0 saturated heterocycles. The lowest BCUT2D eigenvalue weighted by atomic mass is 10.3. The van der Waals surface area contributed by atoms with Crippen LogP contribution in [-0.4, -0.2) is 36.9 Å². The summed E-state index contributed by atoms with van der Waals surface area (Å²) in [6, 6.07) is 5.90. The Morgan fingerprint density at radius 1 is 1.37 bits per heavy atom. The zero-order valence-electron chi connectivity index (χ0n) is 10.9. The van der Waals surface area contributed by atoms with E-state index < -0.39 is 0 Å². The van der Waals surface area contributed by atoms with E-state index in [0.717, 1.165) is 21.9 Å². The number of halogens is 1. The van der Waals surface area contributed by atoms with Crippen molar-refractivity contribution in [2.24, 2.45) is 0 Å². The molecular weight excluding hydrogens is 310 g/mol. The Hall–Kier alpha value is -1.53. The third-order valence-corrected chi connectivity index (χ3v) is 3.30. The standard InChI is InChI=1S/C13H16BrN3O2/c1-18-8-6-16-13-15-5-7-17(13)10-3-4-11(14)12(9-10)19-2/h3-5,7,9H,6,8H2,1-2H3,(H,15,16). The maximum atomic E-state index is 5.30. The van der Waals surface area contributed by atoms with Gasteiger partial charge in [-0.25, -0.2) is 4.98 Å². The molecule has 0 amide bonds. The SMILES string of the molecule is COCCNc1nccn1-c1ccc(Br)c(OC)c1. The van der Waals surface area contributed by atoms with Crippen LogP contribution in [0.5, 0.6) is 5.75 Å². The highest BCUT2D eigenvalue weighted by atomic mass is 79.9. The number of benzene rings is 1. The van der Waals surface area contributed by atoms with E-state index in [1.165, 1.54) is 0 Å². The topological polar surface area (TPSA) is 48.3 Å². The summed E-state index contributed by atoms with van der Waals surface area (Å²) in [7, 11) is 3.32. The molecule has 0 fully saturated rings. The number of anilines is 1. The molecule has 1 N–H and O–H groups in total. The molecular formula is C13H16BrN3O2. The molecule has 1 heterocycles. The zero-order chi connectivity index (χ0) is 13.7. The van der Waals surface area contributed by atoms with Gasteiger partial charge in [0.15, 0.2) is 0 Å². The van der Waals surface area contributed by atoms with Crippen LogP contribution in [0.4, 0.5) is 5.95 Å². The first kappa shape index (κ1) is 13.9. The maximum Gasteiger partial charge on any atom is 0.207 e. The highest BCUT2D eigenvalue weighted by Crippen LogP contribution is 2.28. The highest BCUT2D eigenvalue weighted by molar-refractivity contribution is 9.10. The van der Waals surface area contributed by atoms with Crippen molar-refractivity contribution >= 4 is 21.9 Å². The van der Waals surface area contributed by atoms with Gasteiger partial charge < -0.3 is 14.8 Å². The van der Waals surface area contributed by atoms with E-state index in [0.29, 0.717) is 13.2 Å². The second-order valence-corrected chi connectivity index (χ2v) is 4.71. The van der Waals surface area contributed by atoms with Gasteiger partial charge in [0.05, 0.1) is 23.9 Å². The molecule has 2 rings (SSSR count). The Morgan fingerprint density at radius 2 is 2.21 bits per heavy atom. The second-order valence-electron chi connectivity index (χ2n) is 3.86. The number of nitrogens with zero attached hydrogens (tertiary/aromatic N) is 2. The van der Waals surface area contributed by atoms with Crippen molar-refractivity contribution < 1.29 is 9.47 Å². The van der Waals surface area contributed by atoms with E-state index in [9.17, 15) is 0 Å². The largest absolute Gasteiger partial charge is 0.495 e. The fourth-order valence-corrected chi connectivity index (χ4v) is 2.11. The summed E-state index contributed by atoms with van der Waals surface area (Å²) in [5.41, 5.74) is 0.984. The van der Waals surface area contributed by atoms with Crippen molar-refractivity contribution in [3.8, 4) is 11.4 Å². The summed E-state index contributed by atoms with van der Waals surface area (Å²) in [6.07, 6.45) is 3.65. The van der Waals surface area contributed by atoms with Crippen LogP contribution in [0.1, 0.15) is 0 Å². The van der Waals surface area contributed by atoms with E-state index in [1.54, 1.807) is 20.4 Å². The Bertz CT molecular complexity index is 542. The molecule has 0 atom stereocenters. The third-order valence-electron chi connectivity index (χ3n) is 2.64. The van der Waals surface area contributed by atoms with E-state index in [4.69, 9.17) is 9.47 Å². The third kappa shape index (κ3) is 3.27. The summed E-state index contributed by atoms with van der Waals surface area (Å²) in [6.45, 7) is 1.34. The summed E-state index contributed by atoms with van der Waals surface area (Å²) in [5, 5.41) is 3.22. The van der Waals surface area contributed by atoms with Crippen molar-refractivity contribution in [1.29, 1.82) is 0 Å². The van der Waals surface area contributed by atoms with E-state index in [1.807, 2.05) is 29.0 Å². The van der Waals surface area contributed by atoms with Gasteiger partial charge >= 0.3 is 0 Å². The van der Waals surface area contributed by atoms with Crippen LogP contribution in [0.3, 0.4) is 0 Å². The Labute approximate surface area is 120 Å². The van der Waals surface area contributed by atoms with E-state index >= 15 is 0 Å². The number of aromatic nitrogens is 2. The predicted molar refractivity (Wildman–Crippen MR) is 78.2 cm³/mol. The Kier molecular flexibility index (Phi) is 4.81. The predicted octanol–water partition coefficient (Wildman–Crippen LogP) is 2.70. The number of rotatable bonds is 6. The van der Waals surface area contributed by atoms with Crippen molar-refractivity contribution in [2.75, 3.05) is 32.7 Å². The van der Waals surface area contributed by atoms with Crippen molar-refractivity contribution in [3.63, 3.8) is 0 Å². The summed E-state index contributed by atoms with van der Waals surface area (Å²) >= 11 is 3.44. The number of nitrogens with one attached hydrogen (secondary N) is 1. The molecule has 0 radical (unpaired) electrons. The van der Waals surface area contributed by atoms with Crippen LogP contribution in [0.2, 0.25) is 0 Å². The summed E-state index contributed by atoms with van der Waals surface area (Å²) in [5.74, 6) is 1.57. The molecule has 6 heteroatoms. The quantitative estimate of drug-likeness (QED) is 0.829. The Morgan fingerprint density at radius 3 is 2.95 bits per heavy atom. The first-order valence-electron chi connectivity index (χ1n) is 5.86. The van der Waals surface area contributed by atoms with Gasteiger partial charge in [0.1, 0.15) is 5.75 Å². The maximum absolute atomic E-state index is 5.30. The van der Waals surface area contributed by atoms with Gasteiger partial charge in [0.25, 0.3) is 0 Å². The number of imidazole rings is 1. The molecule has 2 aromatic rings. The van der Waals surface area contributed by atoms with Gasteiger partial charge in [0, 0.05) is 32.1 Å². The zero-order valence-corrected chi connectivity index (χ0v) is 12.5. The molecule has 0 spiro atoms. The van der Waals surface area contributed by atoms with Crippen LogP contribution < -0.4 is 10.1 Å². The van der Waals surface area contributed by atoms with Gasteiger partial charge in [-0.05, 0) is 28.1 Å². The van der Waals surface area contributed by atoms with Gasteiger partial charge in [0.2, 0.25) is 5.95 Å². The smallest absolute Gasteiger partial charge is 0.207 e. The first-order chi connectivity index (χ1) is 9.26. The lowest BCUT2D eigenvalue weighted by Crippen LogP contribution is -2.11. The molecule has 0 bridgehead atoms. The van der Waals surface area contributed by atoms with Crippen LogP contribution in [0.25, 0.3) is 5.69 Å². The monoisotopic (exact) mass is 325 g/mol. The number of ether oxygens (including phenoxy) is 2. The van der Waals surface area contributed by atoms with Crippen molar-refractivity contribution in [3.05, 3.63) is 35.1 Å². The highest BCUT2D eigenvalue weighted by Gasteiger charge is 2.07. The number of methoxy groups -OCH3 is 2. The molecule has 0 aliphatic carbocycles. The van der Waals surface area contributed by atoms with E-state index in [-0.39, 0.29) is 0 Å². The summed E-state index contributed by atoms with van der Waals surface area (Å²) < 4.78 is 13.2. The van der Waals surface area contributed by atoms with Gasteiger partial charge in [-0.1, -0.05) is 0 Å². The van der Waals surface area contributed by atoms with Gasteiger partial charge in [-0.3, -0.25) is 4.57 Å². The normalized spacial score (nSPS) is 10.5. The van der Waals surface area contributed by atoms with Crippen molar-refractivity contribution in [1.82, 2.24) is 9.55 Å². The molecule has 5 nitrogen and oxygen atoms in total. The van der Waals surface area contributed by atoms with Gasteiger partial charge in [-0.2, -0.15) is 0 Å². The fraction of sp³-hybridized carbons (Fsp3) is 0.308. The lowest BCUT2D eigenvalue weighted by molar-refractivity contribution is 0.210. The first-order valence-corrected chi connectivity index (χ1v) is 6.65.